The van der Waals surface area contributed by atoms with Gasteiger partial charge in [-0.15, -0.1) is 11.3 Å². The van der Waals surface area contributed by atoms with Gasteiger partial charge in [0, 0.05) is 26.2 Å². The zero-order valence-corrected chi connectivity index (χ0v) is 18.6. The predicted molar refractivity (Wildman–Crippen MR) is 122 cm³/mol. The standard InChI is InChI=1S/C22H27N5O3S/c1-3-29-22(28)27-12-10-15(11-13-27)25-21(23-2)24-14-16-8-9-18(30-16)20-26-17-6-4-5-7-19(17)31-20/h4-9,15H,3,10-14H2,1-2H3,(H2,23,24,25). The van der Waals surface area contributed by atoms with Crippen molar-refractivity contribution in [2.75, 3.05) is 26.7 Å². The molecule has 1 aromatic carbocycles. The maximum Gasteiger partial charge on any atom is 0.409 e. The van der Waals surface area contributed by atoms with E-state index in [1.807, 2.05) is 37.3 Å². The first-order chi connectivity index (χ1) is 15.2. The third-order valence-corrected chi connectivity index (χ3v) is 6.23. The van der Waals surface area contributed by atoms with Crippen LogP contribution in [0, 0.1) is 0 Å². The van der Waals surface area contributed by atoms with Crippen molar-refractivity contribution in [3.05, 3.63) is 42.2 Å². The molecule has 3 heterocycles. The zero-order chi connectivity index (χ0) is 21.6. The highest BCUT2D eigenvalue weighted by molar-refractivity contribution is 7.21. The number of guanidine groups is 1. The number of likely N-dealkylation sites (tertiary alicyclic amines) is 1. The number of ether oxygens (including phenoxy) is 1. The lowest BCUT2D eigenvalue weighted by molar-refractivity contribution is 0.0963. The lowest BCUT2D eigenvalue weighted by atomic mass is 10.1. The Morgan fingerprint density at radius 1 is 1.29 bits per heavy atom. The van der Waals surface area contributed by atoms with Crippen molar-refractivity contribution in [2.45, 2.75) is 32.4 Å². The second-order valence-electron chi connectivity index (χ2n) is 7.28. The van der Waals surface area contributed by atoms with E-state index in [0.717, 1.165) is 39.6 Å². The van der Waals surface area contributed by atoms with Crippen molar-refractivity contribution in [3.8, 4) is 10.8 Å². The number of aliphatic imine (C=N–C) groups is 1. The van der Waals surface area contributed by atoms with Gasteiger partial charge in [0.05, 0.1) is 23.4 Å². The highest BCUT2D eigenvalue weighted by Gasteiger charge is 2.24. The number of hydrogen-bond acceptors (Lipinski definition) is 6. The number of nitrogens with one attached hydrogen (secondary N) is 2. The molecule has 1 saturated heterocycles. The summed E-state index contributed by atoms with van der Waals surface area (Å²) in [5.74, 6) is 2.30. The molecular weight excluding hydrogens is 414 g/mol. The first-order valence-corrected chi connectivity index (χ1v) is 11.3. The summed E-state index contributed by atoms with van der Waals surface area (Å²) in [4.78, 5) is 22.5. The summed E-state index contributed by atoms with van der Waals surface area (Å²) in [5, 5.41) is 7.61. The molecule has 3 aromatic rings. The lowest BCUT2D eigenvalue weighted by Crippen LogP contribution is -2.49. The second-order valence-corrected chi connectivity index (χ2v) is 8.31. The molecule has 0 spiro atoms. The van der Waals surface area contributed by atoms with Crippen LogP contribution in [-0.2, 0) is 11.3 Å². The number of rotatable bonds is 5. The first kappa shape index (κ1) is 21.2. The molecule has 4 rings (SSSR count). The molecule has 0 radical (unpaired) electrons. The van der Waals surface area contributed by atoms with Crippen LogP contribution in [-0.4, -0.2) is 54.7 Å². The zero-order valence-electron chi connectivity index (χ0n) is 17.8. The average Bonchev–Trinajstić information content (AvgIpc) is 3.44. The molecule has 31 heavy (non-hydrogen) atoms. The molecule has 1 fully saturated rings. The molecule has 0 saturated carbocycles. The number of aromatic nitrogens is 1. The van der Waals surface area contributed by atoms with Crippen molar-refractivity contribution in [1.29, 1.82) is 0 Å². The van der Waals surface area contributed by atoms with Gasteiger partial charge in [0.25, 0.3) is 0 Å². The number of hydrogen-bond donors (Lipinski definition) is 2. The number of thiazole rings is 1. The number of carbonyl (C=O) groups is 1. The van der Waals surface area contributed by atoms with Crippen LogP contribution in [0.2, 0.25) is 0 Å². The average molecular weight is 442 g/mol. The number of nitrogens with zero attached hydrogens (tertiary/aromatic N) is 3. The van der Waals surface area contributed by atoms with Gasteiger partial charge in [0.1, 0.15) is 5.76 Å². The van der Waals surface area contributed by atoms with E-state index in [9.17, 15) is 4.79 Å². The summed E-state index contributed by atoms with van der Waals surface area (Å²) in [5.41, 5.74) is 0.984. The maximum atomic E-state index is 11.8. The van der Waals surface area contributed by atoms with E-state index < -0.39 is 0 Å². The van der Waals surface area contributed by atoms with Crippen molar-refractivity contribution in [2.24, 2.45) is 4.99 Å². The maximum absolute atomic E-state index is 11.8. The molecule has 2 aromatic heterocycles. The van der Waals surface area contributed by atoms with E-state index >= 15 is 0 Å². The number of benzene rings is 1. The molecular formula is C22H27N5O3S. The van der Waals surface area contributed by atoms with Gasteiger partial charge in [0.15, 0.2) is 16.7 Å². The topological polar surface area (TPSA) is 92.0 Å². The monoisotopic (exact) mass is 441 g/mol. The Hall–Kier alpha value is -3.07. The summed E-state index contributed by atoms with van der Waals surface area (Å²) in [6.07, 6.45) is 1.47. The van der Waals surface area contributed by atoms with Gasteiger partial charge >= 0.3 is 6.09 Å². The molecule has 0 unspecified atom stereocenters. The Bertz CT molecular complexity index is 1020. The van der Waals surface area contributed by atoms with Crippen LogP contribution in [0.3, 0.4) is 0 Å². The van der Waals surface area contributed by atoms with E-state index in [2.05, 4.69) is 26.7 Å². The number of amides is 1. The van der Waals surface area contributed by atoms with Crippen molar-refractivity contribution >= 4 is 33.6 Å². The highest BCUT2D eigenvalue weighted by Crippen LogP contribution is 2.31. The Morgan fingerprint density at radius 3 is 2.84 bits per heavy atom. The fraction of sp³-hybridized carbons (Fsp3) is 0.409. The van der Waals surface area contributed by atoms with Crippen LogP contribution >= 0.6 is 11.3 Å². The molecule has 8 nitrogen and oxygen atoms in total. The molecule has 1 amide bonds. The summed E-state index contributed by atoms with van der Waals surface area (Å²) in [6, 6.07) is 12.2. The quantitative estimate of drug-likeness (QED) is 0.462. The van der Waals surface area contributed by atoms with Gasteiger partial charge in [-0.2, -0.15) is 0 Å². The minimum atomic E-state index is -0.231. The summed E-state index contributed by atoms with van der Waals surface area (Å²) in [7, 11) is 1.75. The van der Waals surface area contributed by atoms with Crippen molar-refractivity contribution < 1.29 is 13.9 Å². The van der Waals surface area contributed by atoms with Gasteiger partial charge < -0.3 is 24.7 Å². The van der Waals surface area contributed by atoms with E-state index in [1.54, 1.807) is 23.3 Å². The second kappa shape index (κ2) is 9.82. The van der Waals surface area contributed by atoms with Gasteiger partial charge in [0.2, 0.25) is 0 Å². The van der Waals surface area contributed by atoms with Crippen LogP contribution < -0.4 is 10.6 Å². The molecule has 1 aliphatic rings. The number of fused-ring (bicyclic) bond motifs is 1. The van der Waals surface area contributed by atoms with E-state index in [0.29, 0.717) is 32.2 Å². The van der Waals surface area contributed by atoms with Gasteiger partial charge in [-0.25, -0.2) is 9.78 Å². The molecule has 1 aliphatic heterocycles. The molecule has 0 aliphatic carbocycles. The summed E-state index contributed by atoms with van der Waals surface area (Å²) < 4.78 is 12.2. The van der Waals surface area contributed by atoms with Crippen LogP contribution in [0.25, 0.3) is 21.0 Å². The smallest absolute Gasteiger partial charge is 0.409 e. The predicted octanol–water partition coefficient (Wildman–Crippen LogP) is 3.84. The SMILES string of the molecule is CCOC(=O)N1CCC(NC(=NC)NCc2ccc(-c3nc4ccccc4s3)o2)CC1. The van der Waals surface area contributed by atoms with Gasteiger partial charge in [-0.05, 0) is 44.0 Å². The Labute approximate surface area is 185 Å². The number of piperidine rings is 1. The van der Waals surface area contributed by atoms with Crippen LogP contribution in [0.4, 0.5) is 4.79 Å². The Balaban J connectivity index is 1.28. The molecule has 9 heteroatoms. The van der Waals surface area contributed by atoms with Gasteiger partial charge in [-0.3, -0.25) is 4.99 Å². The minimum absolute atomic E-state index is 0.231. The van der Waals surface area contributed by atoms with E-state index in [-0.39, 0.29) is 12.1 Å². The fourth-order valence-corrected chi connectivity index (χ4v) is 4.47. The molecule has 0 bridgehead atoms. The van der Waals surface area contributed by atoms with E-state index in [4.69, 9.17) is 9.15 Å². The van der Waals surface area contributed by atoms with Crippen LogP contribution in [0.15, 0.2) is 45.8 Å². The van der Waals surface area contributed by atoms with Crippen molar-refractivity contribution in [1.82, 2.24) is 20.5 Å². The van der Waals surface area contributed by atoms with E-state index in [1.165, 1.54) is 0 Å². The van der Waals surface area contributed by atoms with Crippen LogP contribution in [0.5, 0.6) is 0 Å². The van der Waals surface area contributed by atoms with Crippen LogP contribution in [0.1, 0.15) is 25.5 Å². The summed E-state index contributed by atoms with van der Waals surface area (Å²) >= 11 is 1.62. The lowest BCUT2D eigenvalue weighted by Gasteiger charge is -2.32. The first-order valence-electron chi connectivity index (χ1n) is 10.5. The molecule has 2 N–H and O–H groups in total. The summed E-state index contributed by atoms with van der Waals surface area (Å²) in [6.45, 7) is 4.10. The molecule has 164 valence electrons. The highest BCUT2D eigenvalue weighted by atomic mass is 32.1. The number of furan rings is 1. The third kappa shape index (κ3) is 5.16. The number of para-hydroxylation sites is 1. The minimum Gasteiger partial charge on any atom is -0.457 e. The Kier molecular flexibility index (Phi) is 6.71. The number of carbonyl (C=O) groups excluding carboxylic acids is 1. The normalized spacial score (nSPS) is 15.3. The Morgan fingerprint density at radius 2 is 2.10 bits per heavy atom. The molecule has 0 atom stereocenters. The fourth-order valence-electron chi connectivity index (χ4n) is 3.55. The largest absolute Gasteiger partial charge is 0.457 e. The third-order valence-electron chi connectivity index (χ3n) is 5.18. The van der Waals surface area contributed by atoms with Gasteiger partial charge in [-0.1, -0.05) is 12.1 Å². The van der Waals surface area contributed by atoms with Crippen molar-refractivity contribution in [3.63, 3.8) is 0 Å².